The first-order valence-electron chi connectivity index (χ1n) is 8.50. The van der Waals surface area contributed by atoms with Gasteiger partial charge in [-0.3, -0.25) is 4.99 Å². The van der Waals surface area contributed by atoms with E-state index in [9.17, 15) is 17.6 Å². The summed E-state index contributed by atoms with van der Waals surface area (Å²) in [6.07, 6.45) is 2.67. The third kappa shape index (κ3) is 3.30. The number of rotatable bonds is 0. The Morgan fingerprint density at radius 3 is 2.68 bits per heavy atom. The van der Waals surface area contributed by atoms with Crippen LogP contribution in [-0.4, -0.2) is 27.7 Å². The van der Waals surface area contributed by atoms with Crippen LogP contribution in [0, 0.1) is 16.5 Å². The molecule has 0 amide bonds. The van der Waals surface area contributed by atoms with Gasteiger partial charge in [0.25, 0.3) is 0 Å². The summed E-state index contributed by atoms with van der Waals surface area (Å²) in [6.45, 7) is 1.62. The molecule has 2 heterocycles. The highest BCUT2D eigenvalue weighted by Crippen LogP contribution is 2.31. The second-order valence-electron chi connectivity index (χ2n) is 6.58. The minimum atomic E-state index is -4.45. The molecule has 1 N–H and O–H groups in total. The van der Waals surface area contributed by atoms with Crippen LogP contribution in [-0.2, 0) is 0 Å². The fraction of sp³-hybridized carbons (Fsp3) is 0.200. The largest absolute Gasteiger partial charge is 0.416 e. The van der Waals surface area contributed by atoms with Crippen LogP contribution in [0.1, 0.15) is 18.5 Å². The number of fused-ring (bicyclic) bond motifs is 1. The van der Waals surface area contributed by atoms with E-state index in [2.05, 4.69) is 15.0 Å². The molecular formula is C20H14ClF4N3. The molecule has 1 aromatic heterocycles. The molecule has 1 aromatic carbocycles. The van der Waals surface area contributed by atoms with Gasteiger partial charge in [-0.15, -0.1) is 11.6 Å². The average molecular weight is 408 g/mol. The molecule has 2 aliphatic rings. The van der Waals surface area contributed by atoms with E-state index in [4.69, 9.17) is 11.6 Å². The van der Waals surface area contributed by atoms with Crippen LogP contribution in [0.15, 0.2) is 47.0 Å². The summed E-state index contributed by atoms with van der Waals surface area (Å²) < 4.78 is 53.9. The van der Waals surface area contributed by atoms with Crippen molar-refractivity contribution in [1.82, 2.24) is 9.97 Å². The van der Waals surface area contributed by atoms with Crippen molar-refractivity contribution in [1.29, 1.82) is 0 Å². The van der Waals surface area contributed by atoms with Gasteiger partial charge in [0.2, 0.25) is 0 Å². The maximum Gasteiger partial charge on any atom is 0.416 e. The number of hydrogen-bond donors (Lipinski definition) is 1. The lowest BCUT2D eigenvalue weighted by Gasteiger charge is -2.14. The molecule has 8 heteroatoms. The molecule has 4 rings (SSSR count). The second-order valence-corrected chi connectivity index (χ2v) is 7.05. The number of aromatic nitrogens is 2. The monoisotopic (exact) mass is 407 g/mol. The van der Waals surface area contributed by atoms with Gasteiger partial charge < -0.3 is 4.98 Å². The highest BCUT2D eigenvalue weighted by molar-refractivity contribution is 6.27. The normalized spacial score (nSPS) is 24.6. The minimum absolute atomic E-state index is 0.161. The number of nitrogens with one attached hydrogen (secondary N) is 1. The zero-order valence-corrected chi connectivity index (χ0v) is 15.3. The fourth-order valence-corrected chi connectivity index (χ4v) is 3.51. The molecule has 0 saturated heterocycles. The van der Waals surface area contributed by atoms with Crippen molar-refractivity contribution in [2.45, 2.75) is 24.4 Å². The zero-order chi connectivity index (χ0) is 20.1. The highest BCUT2D eigenvalue weighted by atomic mass is 35.5. The number of nitrogens with zero attached hydrogens (tertiary/aromatic N) is 2. The second kappa shape index (κ2) is 6.74. The predicted octanol–water partition coefficient (Wildman–Crippen LogP) is 3.58. The lowest BCUT2D eigenvalue weighted by molar-refractivity contribution is -0.0870. The maximum atomic E-state index is 14.8. The van der Waals surface area contributed by atoms with Crippen LogP contribution < -0.4 is 10.6 Å². The molecule has 1 aliphatic carbocycles. The first-order valence-corrected chi connectivity index (χ1v) is 8.93. The van der Waals surface area contributed by atoms with Crippen molar-refractivity contribution in [3.8, 4) is 0 Å². The lowest BCUT2D eigenvalue weighted by atomic mass is 9.98. The molecule has 2 atom stereocenters. The summed E-state index contributed by atoms with van der Waals surface area (Å²) in [5.74, 6) is -1.11. The molecule has 144 valence electrons. The fourth-order valence-electron chi connectivity index (χ4n) is 3.25. The molecule has 0 spiro atoms. The molecule has 2 aromatic rings. The molecule has 3 nitrogen and oxygen atoms in total. The topological polar surface area (TPSA) is 41.0 Å². The van der Waals surface area contributed by atoms with E-state index in [-0.39, 0.29) is 16.0 Å². The quantitative estimate of drug-likeness (QED) is 0.526. The summed E-state index contributed by atoms with van der Waals surface area (Å²) in [4.78, 5) is 11.3. The third-order valence-corrected chi connectivity index (χ3v) is 4.96. The van der Waals surface area contributed by atoms with Gasteiger partial charge in [-0.05, 0) is 24.3 Å². The molecular weight excluding hydrogens is 394 g/mol. The van der Waals surface area contributed by atoms with Gasteiger partial charge in [0.15, 0.2) is 0 Å². The number of aliphatic imine (C=N–C) groups is 1. The van der Waals surface area contributed by atoms with Crippen molar-refractivity contribution in [2.75, 3.05) is 0 Å². The Labute approximate surface area is 161 Å². The molecule has 0 fully saturated rings. The number of dihydropyridines is 1. The van der Waals surface area contributed by atoms with E-state index < -0.39 is 28.9 Å². The van der Waals surface area contributed by atoms with Gasteiger partial charge >= 0.3 is 6.18 Å². The first kappa shape index (κ1) is 18.7. The molecule has 1 aliphatic heterocycles. The molecule has 28 heavy (non-hydrogen) atoms. The standard InChI is InChI=1S/C20H14ClF4N3/c1-10-7-12(20(23,24)25)9-16-17(10)28-19(27-16)13-5-4-11(8-15(13)22)18-14(21)3-2-6-26-18/h2-10,14,27H,1H3. The SMILES string of the molecule is CC1C=C(C(F)(F)F)C=c2[nH]c(=c3ccc(=C4N=CC=CC4Cl)cc3F)nc21. The van der Waals surface area contributed by atoms with E-state index in [1.54, 1.807) is 31.4 Å². The molecule has 0 bridgehead atoms. The van der Waals surface area contributed by atoms with Gasteiger partial charge in [0.1, 0.15) is 11.3 Å². The summed E-state index contributed by atoms with van der Waals surface area (Å²) in [6, 6.07) is 4.47. The van der Waals surface area contributed by atoms with Gasteiger partial charge in [-0.25, -0.2) is 9.37 Å². The Morgan fingerprint density at radius 2 is 2.00 bits per heavy atom. The Bertz CT molecular complexity index is 1250. The Balaban J connectivity index is 1.91. The van der Waals surface area contributed by atoms with Crippen molar-refractivity contribution < 1.29 is 17.6 Å². The lowest BCUT2D eigenvalue weighted by Crippen LogP contribution is -2.21. The molecule has 0 radical (unpaired) electrons. The van der Waals surface area contributed by atoms with E-state index in [1.165, 1.54) is 12.1 Å². The zero-order valence-electron chi connectivity index (χ0n) is 14.6. The number of halogens is 5. The maximum absolute atomic E-state index is 14.8. The van der Waals surface area contributed by atoms with E-state index >= 15 is 0 Å². The van der Waals surface area contributed by atoms with Gasteiger partial charge in [-0.2, -0.15) is 13.2 Å². The average Bonchev–Trinajstić information content (AvgIpc) is 3.06. The first-order chi connectivity index (χ1) is 13.2. The highest BCUT2D eigenvalue weighted by Gasteiger charge is 2.34. The number of imidazole rings is 1. The third-order valence-electron chi connectivity index (χ3n) is 4.61. The van der Waals surface area contributed by atoms with E-state index in [0.717, 1.165) is 12.2 Å². The van der Waals surface area contributed by atoms with E-state index in [1.807, 2.05) is 0 Å². The summed E-state index contributed by atoms with van der Waals surface area (Å²) in [5, 5.41) is 0.458. The van der Waals surface area contributed by atoms with Crippen molar-refractivity contribution in [2.24, 2.45) is 4.99 Å². The Morgan fingerprint density at radius 1 is 1.21 bits per heavy atom. The molecule has 2 unspecified atom stereocenters. The number of H-pyrrole nitrogens is 1. The van der Waals surface area contributed by atoms with E-state index in [0.29, 0.717) is 16.6 Å². The van der Waals surface area contributed by atoms with Gasteiger partial charge in [0.05, 0.1) is 32.9 Å². The van der Waals surface area contributed by atoms with Crippen LogP contribution in [0.5, 0.6) is 0 Å². The summed E-state index contributed by atoms with van der Waals surface area (Å²) in [7, 11) is 0. The van der Waals surface area contributed by atoms with Crippen LogP contribution in [0.2, 0.25) is 0 Å². The van der Waals surface area contributed by atoms with Crippen LogP contribution in [0.25, 0.3) is 11.8 Å². The Kier molecular flexibility index (Phi) is 4.50. The van der Waals surface area contributed by atoms with Crippen LogP contribution in [0.3, 0.4) is 0 Å². The van der Waals surface area contributed by atoms with Crippen molar-refractivity contribution in [3.05, 3.63) is 74.8 Å². The number of allylic oxidation sites excluding steroid dienone is 3. The number of alkyl halides is 4. The summed E-state index contributed by atoms with van der Waals surface area (Å²) >= 11 is 6.18. The van der Waals surface area contributed by atoms with Crippen molar-refractivity contribution >= 4 is 29.6 Å². The van der Waals surface area contributed by atoms with Crippen molar-refractivity contribution in [3.63, 3.8) is 0 Å². The number of benzene rings is 1. The van der Waals surface area contributed by atoms with Crippen LogP contribution >= 0.6 is 11.6 Å². The minimum Gasteiger partial charge on any atom is -0.338 e. The number of aromatic amines is 1. The van der Waals surface area contributed by atoms with Crippen LogP contribution in [0.4, 0.5) is 17.6 Å². The molecule has 0 saturated carbocycles. The predicted molar refractivity (Wildman–Crippen MR) is 99.6 cm³/mol. The van der Waals surface area contributed by atoms with Gasteiger partial charge in [-0.1, -0.05) is 25.1 Å². The smallest absolute Gasteiger partial charge is 0.338 e. The summed E-state index contributed by atoms with van der Waals surface area (Å²) in [5.41, 5.74) is 0.401. The Hall–Kier alpha value is -2.67. The van der Waals surface area contributed by atoms with Gasteiger partial charge in [0, 0.05) is 17.4 Å². The number of hydrogen-bond acceptors (Lipinski definition) is 2.